The summed E-state index contributed by atoms with van der Waals surface area (Å²) in [6.45, 7) is 0. The third-order valence-electron chi connectivity index (χ3n) is 1.30. The van der Waals surface area contributed by atoms with Crippen LogP contribution < -0.4 is 5.73 Å². The third kappa shape index (κ3) is 27.9. The number of halogens is 1. The zero-order chi connectivity index (χ0) is 17.3. The van der Waals surface area contributed by atoms with Crippen molar-refractivity contribution in [2.75, 3.05) is 0 Å². The molecule has 0 fully saturated rings. The van der Waals surface area contributed by atoms with E-state index in [0.717, 1.165) is 0 Å². The van der Waals surface area contributed by atoms with Crippen LogP contribution in [0.25, 0.3) is 0 Å². The number of carboxylic acid groups (broad SMARTS) is 1. The van der Waals surface area contributed by atoms with E-state index in [1.54, 1.807) is 6.20 Å². The van der Waals surface area contributed by atoms with Crippen molar-refractivity contribution in [1.29, 1.82) is 0 Å². The minimum Gasteiger partial charge on any atom is -0.480 e. The first-order chi connectivity index (χ1) is 9.20. The molecule has 1 aromatic heterocycles. The molecule has 0 radical (unpaired) electrons. The highest BCUT2D eigenvalue weighted by Gasteiger charge is 2.12. The van der Waals surface area contributed by atoms with Crippen LogP contribution >= 0.6 is 15.7 Å². The summed E-state index contributed by atoms with van der Waals surface area (Å²) in [5.74, 6) is -1.01. The highest BCUT2D eigenvalue weighted by atomic mass is 31.2. The molecule has 1 aromatic rings. The Morgan fingerprint density at radius 3 is 1.95 bits per heavy atom. The number of carboxylic acids is 1. The molecule has 0 aliphatic rings. The fraction of sp³-hybridized carbons (Fsp3) is 0.333. The van der Waals surface area contributed by atoms with Crippen molar-refractivity contribution < 1.29 is 47.7 Å². The van der Waals surface area contributed by atoms with Gasteiger partial charge in [-0.15, -0.1) is 4.20 Å². The second-order valence-corrected chi connectivity index (χ2v) is 5.17. The Hall–Kier alpha value is -1.17. The lowest BCUT2D eigenvalue weighted by Crippen LogP contribution is -2.32. The van der Waals surface area contributed by atoms with E-state index in [2.05, 4.69) is 9.97 Å². The second-order valence-electron chi connectivity index (χ2n) is 3.20. The Labute approximate surface area is 117 Å². The van der Waals surface area contributed by atoms with Gasteiger partial charge in [0.15, 0.2) is 0 Å². The van der Waals surface area contributed by atoms with Gasteiger partial charge in [-0.25, -0.2) is 14.1 Å². The fourth-order valence-corrected chi connectivity index (χ4v) is 0.715. The molecule has 21 heavy (non-hydrogen) atoms. The SMILES string of the molecule is N[C@@H](Cc1c[nH]cn1)C(=O)O.O=P(O)(O)F.O=P(O)(O)O. The average molecular weight is 353 g/mol. The lowest BCUT2D eigenvalue weighted by atomic mass is 10.2. The standard InChI is InChI=1S/C6H9N3O2.FH2O3P.H3O4P/c7-5(6(10)11)1-4-2-8-3-9-4;2*1-5(2,3)4/h2-3,5H,1,7H2,(H,8,9)(H,10,11);(H2,2,3,4);(H3,1,2,3,4)/t5-;;/m0../s1. The van der Waals surface area contributed by atoms with Gasteiger partial charge in [-0.2, -0.15) is 0 Å². The maximum absolute atomic E-state index is 10.4. The highest BCUT2D eigenvalue weighted by molar-refractivity contribution is 7.45. The van der Waals surface area contributed by atoms with E-state index in [-0.39, 0.29) is 6.42 Å². The molecule has 0 aliphatic heterocycles. The van der Waals surface area contributed by atoms with Gasteiger partial charge in [0.05, 0.1) is 12.0 Å². The predicted molar refractivity (Wildman–Crippen MR) is 65.3 cm³/mol. The Morgan fingerprint density at radius 2 is 1.71 bits per heavy atom. The number of rotatable bonds is 3. The Kier molecular flexibility index (Phi) is 10.2. The first-order valence-electron chi connectivity index (χ1n) is 4.69. The quantitative estimate of drug-likeness (QED) is 0.291. The molecule has 15 heteroatoms. The number of aromatic nitrogens is 2. The van der Waals surface area contributed by atoms with E-state index >= 15 is 0 Å². The molecule has 0 spiro atoms. The summed E-state index contributed by atoms with van der Waals surface area (Å²) in [6.07, 6.45) is 3.38. The van der Waals surface area contributed by atoms with E-state index in [4.69, 9.17) is 44.4 Å². The zero-order valence-electron chi connectivity index (χ0n) is 10.1. The van der Waals surface area contributed by atoms with E-state index in [1.165, 1.54) is 6.33 Å². The number of aliphatic carboxylic acids is 1. The Balaban J connectivity index is 0. The predicted octanol–water partition coefficient (Wildman–Crippen LogP) is -1.52. The summed E-state index contributed by atoms with van der Waals surface area (Å²) < 4.78 is 27.9. The first-order valence-corrected chi connectivity index (χ1v) is 7.76. The molecule has 0 amide bonds. The van der Waals surface area contributed by atoms with Gasteiger partial charge < -0.3 is 30.5 Å². The minimum atomic E-state index is -5.14. The molecular weight excluding hydrogens is 339 g/mol. The van der Waals surface area contributed by atoms with Crippen molar-refractivity contribution >= 4 is 21.7 Å². The molecule has 0 bridgehead atoms. The van der Waals surface area contributed by atoms with Gasteiger partial charge in [-0.05, 0) is 0 Å². The summed E-state index contributed by atoms with van der Waals surface area (Å²) in [5.41, 5.74) is 5.92. The van der Waals surface area contributed by atoms with Crippen LogP contribution in [-0.4, -0.2) is 51.6 Å². The van der Waals surface area contributed by atoms with Crippen molar-refractivity contribution in [1.82, 2.24) is 9.97 Å². The molecular formula is C6H14FN3O9P2. The molecule has 1 rings (SSSR count). The molecule has 12 nitrogen and oxygen atoms in total. The van der Waals surface area contributed by atoms with Crippen molar-refractivity contribution in [3.8, 4) is 0 Å². The molecule has 0 aromatic carbocycles. The van der Waals surface area contributed by atoms with Crippen LogP contribution in [-0.2, 0) is 20.3 Å². The van der Waals surface area contributed by atoms with Crippen LogP contribution in [0.15, 0.2) is 12.5 Å². The number of nitrogens with one attached hydrogen (secondary N) is 1. The number of phosphoric acid groups is 1. The molecule has 0 saturated heterocycles. The van der Waals surface area contributed by atoms with Gasteiger partial charge in [0.2, 0.25) is 0 Å². The topological polar surface area (TPSA) is 227 Å². The van der Waals surface area contributed by atoms with Crippen molar-refractivity contribution in [2.24, 2.45) is 5.73 Å². The van der Waals surface area contributed by atoms with Crippen LogP contribution in [0.2, 0.25) is 0 Å². The third-order valence-corrected chi connectivity index (χ3v) is 1.30. The first kappa shape index (κ1) is 22.1. The molecule has 124 valence electrons. The zero-order valence-corrected chi connectivity index (χ0v) is 11.9. The average Bonchev–Trinajstić information content (AvgIpc) is 2.64. The summed E-state index contributed by atoms with van der Waals surface area (Å²) in [7, 11) is -9.78. The number of hydrogen-bond acceptors (Lipinski definition) is 5. The van der Waals surface area contributed by atoms with Gasteiger partial charge >= 0.3 is 21.7 Å². The largest absolute Gasteiger partial charge is 0.507 e. The van der Waals surface area contributed by atoms with E-state index in [9.17, 15) is 8.99 Å². The van der Waals surface area contributed by atoms with E-state index < -0.39 is 27.7 Å². The number of nitrogens with zero attached hydrogens (tertiary/aromatic N) is 1. The number of H-pyrrole nitrogens is 1. The van der Waals surface area contributed by atoms with Crippen LogP contribution in [0.1, 0.15) is 5.69 Å². The monoisotopic (exact) mass is 353 g/mol. The van der Waals surface area contributed by atoms with Crippen LogP contribution in [0.4, 0.5) is 4.20 Å². The number of aromatic amines is 1. The fourth-order valence-electron chi connectivity index (χ4n) is 0.715. The van der Waals surface area contributed by atoms with Crippen LogP contribution in [0, 0.1) is 0 Å². The Morgan fingerprint density at radius 1 is 1.33 bits per heavy atom. The lowest BCUT2D eigenvalue weighted by molar-refractivity contribution is -0.138. The van der Waals surface area contributed by atoms with Crippen LogP contribution in [0.5, 0.6) is 0 Å². The molecule has 9 N–H and O–H groups in total. The number of nitrogens with two attached hydrogens (primary N) is 1. The summed E-state index contributed by atoms with van der Waals surface area (Å²) in [4.78, 5) is 52.3. The normalized spacial score (nSPS) is 12.3. The summed E-state index contributed by atoms with van der Waals surface area (Å²) >= 11 is 0. The molecule has 1 atom stereocenters. The number of hydrogen-bond donors (Lipinski definition) is 8. The molecule has 0 unspecified atom stereocenters. The number of imidazole rings is 1. The smallest absolute Gasteiger partial charge is 0.480 e. The van der Waals surface area contributed by atoms with Gasteiger partial charge in [-0.3, -0.25) is 14.6 Å². The lowest BCUT2D eigenvalue weighted by Gasteiger charge is -2.01. The molecule has 0 saturated carbocycles. The highest BCUT2D eigenvalue weighted by Crippen LogP contribution is 2.35. The van der Waals surface area contributed by atoms with Crippen molar-refractivity contribution in [3.63, 3.8) is 0 Å². The van der Waals surface area contributed by atoms with Gasteiger partial charge in [0.1, 0.15) is 6.04 Å². The van der Waals surface area contributed by atoms with Gasteiger partial charge in [-0.1, -0.05) is 0 Å². The van der Waals surface area contributed by atoms with E-state index in [0.29, 0.717) is 5.69 Å². The number of carbonyl (C=O) groups is 1. The van der Waals surface area contributed by atoms with Crippen molar-refractivity contribution in [2.45, 2.75) is 12.5 Å². The molecule has 0 aliphatic carbocycles. The molecule has 1 heterocycles. The van der Waals surface area contributed by atoms with Crippen molar-refractivity contribution in [3.05, 3.63) is 18.2 Å². The van der Waals surface area contributed by atoms with Gasteiger partial charge in [0, 0.05) is 12.6 Å². The maximum Gasteiger partial charge on any atom is 0.507 e. The van der Waals surface area contributed by atoms with Crippen LogP contribution in [0.3, 0.4) is 0 Å². The minimum absolute atomic E-state index is 0.263. The Bertz CT molecular complexity index is 461. The summed E-state index contributed by atoms with van der Waals surface area (Å²) in [5, 5.41) is 8.42. The van der Waals surface area contributed by atoms with E-state index in [1.807, 2.05) is 0 Å². The maximum atomic E-state index is 10.4. The summed E-state index contributed by atoms with van der Waals surface area (Å²) in [6, 6.07) is -0.863. The van der Waals surface area contributed by atoms with Gasteiger partial charge in [0.25, 0.3) is 0 Å². The second kappa shape index (κ2) is 9.71.